The van der Waals surface area contributed by atoms with Gasteiger partial charge in [-0.3, -0.25) is 5.10 Å². The van der Waals surface area contributed by atoms with Gasteiger partial charge in [0, 0.05) is 35.4 Å². The highest BCUT2D eigenvalue weighted by molar-refractivity contribution is 7.95. The molecule has 5 heteroatoms. The highest BCUT2D eigenvalue weighted by Gasteiger charge is 2.26. The summed E-state index contributed by atoms with van der Waals surface area (Å²) in [4.78, 5) is 0. The van der Waals surface area contributed by atoms with Crippen molar-refractivity contribution in [2.75, 3.05) is 14.1 Å². The number of aromatic amines is 1. The number of aromatic nitrogens is 2. The Morgan fingerprint density at radius 1 is 1.30 bits per heavy atom. The Bertz CT molecular complexity index is 566. The number of hydrogen-bond acceptors (Lipinski definition) is 4. The lowest BCUT2D eigenvalue weighted by atomic mass is 9.83. The summed E-state index contributed by atoms with van der Waals surface area (Å²) >= 11 is 1.69. The lowest BCUT2D eigenvalue weighted by Crippen LogP contribution is -2.30. The van der Waals surface area contributed by atoms with Crippen LogP contribution in [0.4, 0.5) is 0 Å². The van der Waals surface area contributed by atoms with Crippen LogP contribution in [0.1, 0.15) is 48.6 Å². The van der Waals surface area contributed by atoms with E-state index >= 15 is 0 Å². The first-order valence-electron chi connectivity index (χ1n) is 8.17. The van der Waals surface area contributed by atoms with Crippen molar-refractivity contribution in [2.45, 2.75) is 44.6 Å². The molecular formula is C18H28N4S. The van der Waals surface area contributed by atoms with Gasteiger partial charge >= 0.3 is 0 Å². The molecule has 1 aliphatic carbocycles. The average Bonchev–Trinajstić information content (AvgIpc) is 2.92. The van der Waals surface area contributed by atoms with Crippen molar-refractivity contribution in [3.05, 3.63) is 48.3 Å². The third kappa shape index (κ3) is 4.59. The zero-order chi connectivity index (χ0) is 16.8. The van der Waals surface area contributed by atoms with Crippen LogP contribution in [0.3, 0.4) is 0 Å². The van der Waals surface area contributed by atoms with Crippen molar-refractivity contribution < 1.29 is 0 Å². The Balaban J connectivity index is 2.02. The van der Waals surface area contributed by atoms with Gasteiger partial charge in [0.1, 0.15) is 0 Å². The van der Waals surface area contributed by atoms with E-state index < -0.39 is 0 Å². The molecule has 2 rings (SSSR count). The number of nitrogens with zero attached hydrogens (tertiary/aromatic N) is 2. The number of nitrogens with one attached hydrogen (secondary N) is 2. The maximum absolute atomic E-state index is 4.52. The van der Waals surface area contributed by atoms with Crippen LogP contribution in [-0.4, -0.2) is 34.6 Å². The SMILES string of the molecule is C=C/C=C(\C=C)c1n[nH]c(C2CCC(NSN(C)C)CC2)c1C. The van der Waals surface area contributed by atoms with Gasteiger partial charge in [0.2, 0.25) is 0 Å². The van der Waals surface area contributed by atoms with Gasteiger partial charge in [-0.1, -0.05) is 31.4 Å². The molecule has 1 aromatic heterocycles. The van der Waals surface area contributed by atoms with E-state index in [1.807, 2.05) is 12.2 Å². The third-order valence-corrected chi connectivity index (χ3v) is 5.18. The Morgan fingerprint density at radius 3 is 2.57 bits per heavy atom. The Labute approximate surface area is 144 Å². The Kier molecular flexibility index (Phi) is 6.69. The standard InChI is InChI=1S/C18H28N4S/c1-6-8-14(7-2)17-13(3)18(20-19-17)15-9-11-16(12-10-15)21-23-22(4)5/h6-8,15-16,21H,1-2,9-12H2,3-5H3,(H,19,20)/b14-8+. The molecule has 1 aliphatic rings. The van der Waals surface area contributed by atoms with Crippen molar-refractivity contribution in [1.82, 2.24) is 19.2 Å². The predicted molar refractivity (Wildman–Crippen MR) is 101 cm³/mol. The van der Waals surface area contributed by atoms with Gasteiger partial charge in [0.25, 0.3) is 0 Å². The summed E-state index contributed by atoms with van der Waals surface area (Å²) in [6, 6.07) is 0.603. The molecule has 0 atom stereocenters. The molecule has 126 valence electrons. The monoisotopic (exact) mass is 332 g/mol. The summed E-state index contributed by atoms with van der Waals surface area (Å²) in [5.74, 6) is 0.577. The van der Waals surface area contributed by atoms with E-state index in [1.54, 1.807) is 18.2 Å². The van der Waals surface area contributed by atoms with E-state index in [-0.39, 0.29) is 0 Å². The second-order valence-corrected chi connectivity index (χ2v) is 7.39. The minimum atomic E-state index is 0.577. The second-order valence-electron chi connectivity index (χ2n) is 6.24. The van der Waals surface area contributed by atoms with Crippen molar-refractivity contribution in [1.29, 1.82) is 0 Å². The van der Waals surface area contributed by atoms with Gasteiger partial charge in [0.15, 0.2) is 0 Å². The molecule has 0 spiro atoms. The van der Waals surface area contributed by atoms with E-state index in [0.29, 0.717) is 12.0 Å². The molecule has 0 aromatic carbocycles. The molecule has 0 aliphatic heterocycles. The quantitative estimate of drug-likeness (QED) is 0.580. The Hall–Kier alpha value is -1.30. The lowest BCUT2D eigenvalue weighted by Gasteiger charge is -2.29. The van der Waals surface area contributed by atoms with Gasteiger partial charge in [-0.2, -0.15) is 5.10 Å². The highest BCUT2D eigenvalue weighted by atomic mass is 32.2. The largest absolute Gasteiger partial charge is 0.281 e. The molecule has 1 aromatic rings. The van der Waals surface area contributed by atoms with Crippen LogP contribution in [0, 0.1) is 6.92 Å². The zero-order valence-corrected chi connectivity index (χ0v) is 15.2. The maximum atomic E-state index is 4.52. The van der Waals surface area contributed by atoms with E-state index in [1.165, 1.54) is 36.9 Å². The summed E-state index contributed by atoms with van der Waals surface area (Å²) in [7, 11) is 4.12. The van der Waals surface area contributed by atoms with Crippen LogP contribution < -0.4 is 4.72 Å². The van der Waals surface area contributed by atoms with Crippen LogP contribution in [0.5, 0.6) is 0 Å². The molecule has 1 fully saturated rings. The first-order valence-corrected chi connectivity index (χ1v) is 8.94. The number of rotatable bonds is 7. The fourth-order valence-corrected chi connectivity index (χ4v) is 3.74. The number of hydrogen-bond donors (Lipinski definition) is 2. The summed E-state index contributed by atoms with van der Waals surface area (Å²) in [6.45, 7) is 9.80. The maximum Gasteiger partial charge on any atom is 0.0952 e. The highest BCUT2D eigenvalue weighted by Crippen LogP contribution is 2.35. The van der Waals surface area contributed by atoms with Crippen molar-refractivity contribution in [3.8, 4) is 0 Å². The van der Waals surface area contributed by atoms with Crippen LogP contribution in [-0.2, 0) is 0 Å². The van der Waals surface area contributed by atoms with Crippen LogP contribution in [0.2, 0.25) is 0 Å². The fourth-order valence-electron chi connectivity index (χ4n) is 3.14. The molecule has 1 heterocycles. The molecular weight excluding hydrogens is 304 g/mol. The molecule has 2 N–H and O–H groups in total. The third-order valence-electron chi connectivity index (χ3n) is 4.38. The summed E-state index contributed by atoms with van der Waals surface area (Å²) < 4.78 is 5.64. The van der Waals surface area contributed by atoms with Gasteiger partial charge in [0.05, 0.1) is 5.69 Å². The molecule has 0 saturated heterocycles. The predicted octanol–water partition coefficient (Wildman–Crippen LogP) is 4.21. The first-order chi connectivity index (χ1) is 11.1. The molecule has 0 bridgehead atoms. The van der Waals surface area contributed by atoms with Crippen LogP contribution in [0.15, 0.2) is 31.4 Å². The molecule has 1 saturated carbocycles. The minimum absolute atomic E-state index is 0.577. The van der Waals surface area contributed by atoms with Gasteiger partial charge in [-0.25, -0.2) is 9.03 Å². The van der Waals surface area contributed by atoms with E-state index in [2.05, 4.69) is 53.4 Å². The summed E-state index contributed by atoms with van der Waals surface area (Å²) in [5, 5.41) is 7.80. The van der Waals surface area contributed by atoms with E-state index in [4.69, 9.17) is 0 Å². The minimum Gasteiger partial charge on any atom is -0.281 e. The van der Waals surface area contributed by atoms with Gasteiger partial charge < -0.3 is 0 Å². The van der Waals surface area contributed by atoms with Crippen molar-refractivity contribution in [3.63, 3.8) is 0 Å². The second kappa shape index (κ2) is 8.52. The van der Waals surface area contributed by atoms with Crippen LogP contribution in [0.25, 0.3) is 5.57 Å². The van der Waals surface area contributed by atoms with Crippen molar-refractivity contribution in [2.24, 2.45) is 0 Å². The molecule has 0 radical (unpaired) electrons. The smallest absolute Gasteiger partial charge is 0.0952 e. The van der Waals surface area contributed by atoms with Crippen molar-refractivity contribution >= 4 is 17.7 Å². The van der Waals surface area contributed by atoms with Crippen LogP contribution >= 0.6 is 12.1 Å². The van der Waals surface area contributed by atoms with Gasteiger partial charge in [-0.15, -0.1) is 0 Å². The summed E-state index contributed by atoms with van der Waals surface area (Å²) in [6.07, 6.45) is 10.4. The average molecular weight is 333 g/mol. The molecule has 23 heavy (non-hydrogen) atoms. The summed E-state index contributed by atoms with van der Waals surface area (Å²) in [5.41, 5.74) is 4.56. The lowest BCUT2D eigenvalue weighted by molar-refractivity contribution is 0.374. The van der Waals surface area contributed by atoms with E-state index in [9.17, 15) is 0 Å². The Morgan fingerprint density at radius 2 is 2.00 bits per heavy atom. The normalized spacial score (nSPS) is 22.3. The topological polar surface area (TPSA) is 44.0 Å². The first kappa shape index (κ1) is 18.0. The molecule has 0 unspecified atom stereocenters. The zero-order valence-electron chi connectivity index (χ0n) is 14.4. The number of H-pyrrole nitrogens is 1. The molecule has 0 amide bonds. The number of allylic oxidation sites excluding steroid dienone is 4. The fraction of sp³-hybridized carbons (Fsp3) is 0.500. The van der Waals surface area contributed by atoms with E-state index in [0.717, 1.165) is 11.3 Å². The molecule has 4 nitrogen and oxygen atoms in total. The van der Waals surface area contributed by atoms with Gasteiger partial charge in [-0.05, 0) is 52.3 Å².